The first kappa shape index (κ1) is 19.0. The molecule has 0 aromatic carbocycles. The van der Waals surface area contributed by atoms with Gasteiger partial charge in [0.25, 0.3) is 0 Å². The van der Waals surface area contributed by atoms with Crippen LogP contribution in [0.5, 0.6) is 0 Å². The number of aryl methyl sites for hydroxylation is 1. The second kappa shape index (κ2) is 8.66. The van der Waals surface area contributed by atoms with E-state index in [0.717, 1.165) is 17.1 Å². The van der Waals surface area contributed by atoms with Crippen LogP contribution in [0.15, 0.2) is 29.5 Å². The Bertz CT molecular complexity index is 708. The van der Waals surface area contributed by atoms with Crippen molar-refractivity contribution in [2.75, 3.05) is 0 Å². The van der Waals surface area contributed by atoms with Crippen molar-refractivity contribution < 1.29 is 0 Å². The van der Waals surface area contributed by atoms with Crippen molar-refractivity contribution >= 4 is 41.5 Å². The number of aliphatic imine (C=N–C) groups is 1. The molecule has 1 aliphatic carbocycles. The van der Waals surface area contributed by atoms with Crippen LogP contribution in [0.3, 0.4) is 0 Å². The number of nitrogens with two attached hydrogens (primary N) is 1. The maximum atomic E-state index is 6.00. The Hall–Kier alpha value is -1.35. The largest absolute Gasteiger partial charge is 0.370 e. The molecule has 0 atom stereocenters. The zero-order valence-electron chi connectivity index (χ0n) is 13.6. The molecule has 24 heavy (non-hydrogen) atoms. The van der Waals surface area contributed by atoms with Crippen LogP contribution < -0.4 is 11.1 Å². The highest BCUT2D eigenvalue weighted by atomic mass is 127. The molecule has 6 nitrogen and oxygen atoms in total. The average Bonchev–Trinajstić information content (AvgIpc) is 3.17. The van der Waals surface area contributed by atoms with Crippen LogP contribution in [0.25, 0.3) is 5.82 Å². The zero-order valence-corrected chi connectivity index (χ0v) is 16.7. The molecule has 1 saturated carbocycles. The second-order valence-corrected chi connectivity index (χ2v) is 6.30. The Morgan fingerprint density at radius 1 is 1.42 bits per heavy atom. The maximum Gasteiger partial charge on any atom is 0.189 e. The van der Waals surface area contributed by atoms with Gasteiger partial charge in [0.2, 0.25) is 0 Å². The number of nitrogens with zero attached hydrogens (tertiary/aromatic N) is 4. The summed E-state index contributed by atoms with van der Waals surface area (Å²) in [7, 11) is 0. The summed E-state index contributed by atoms with van der Waals surface area (Å²) in [6.07, 6.45) is 8.18. The first-order valence-corrected chi connectivity index (χ1v) is 8.23. The maximum absolute atomic E-state index is 6.00. The molecule has 0 spiro atoms. The van der Waals surface area contributed by atoms with Crippen LogP contribution in [-0.4, -0.2) is 26.8 Å². The molecule has 0 radical (unpaired) electrons. The molecule has 0 aliphatic heterocycles. The zero-order chi connectivity index (χ0) is 16.2. The molecule has 2 heterocycles. The first-order chi connectivity index (χ1) is 11.1. The van der Waals surface area contributed by atoms with Gasteiger partial charge in [-0.1, -0.05) is 30.5 Å². The van der Waals surface area contributed by atoms with Crippen molar-refractivity contribution in [3.63, 3.8) is 0 Å². The molecule has 3 rings (SSSR count). The van der Waals surface area contributed by atoms with Crippen LogP contribution in [-0.2, 0) is 6.54 Å². The van der Waals surface area contributed by atoms with Gasteiger partial charge in [-0.15, -0.1) is 24.0 Å². The Balaban J connectivity index is 0.00000208. The van der Waals surface area contributed by atoms with E-state index in [1.54, 1.807) is 17.1 Å². The van der Waals surface area contributed by atoms with Crippen molar-refractivity contribution in [1.29, 1.82) is 0 Å². The van der Waals surface area contributed by atoms with Gasteiger partial charge in [0, 0.05) is 17.3 Å². The summed E-state index contributed by atoms with van der Waals surface area (Å²) >= 11 is 5.96. The highest BCUT2D eigenvalue weighted by Gasteiger charge is 2.15. The first-order valence-electron chi connectivity index (χ1n) is 7.85. The van der Waals surface area contributed by atoms with Crippen molar-refractivity contribution in [3.8, 4) is 5.82 Å². The summed E-state index contributed by atoms with van der Waals surface area (Å²) in [5, 5.41) is 8.09. The van der Waals surface area contributed by atoms with Gasteiger partial charge >= 0.3 is 0 Å². The summed E-state index contributed by atoms with van der Waals surface area (Å²) in [6, 6.07) is 4.42. The number of aromatic nitrogens is 3. The molecule has 3 N–H and O–H groups in total. The normalized spacial score (nSPS) is 15.3. The second-order valence-electron chi connectivity index (χ2n) is 5.87. The van der Waals surface area contributed by atoms with E-state index in [2.05, 4.69) is 20.4 Å². The number of guanidine groups is 1. The highest BCUT2D eigenvalue weighted by molar-refractivity contribution is 14.0. The lowest BCUT2D eigenvalue weighted by molar-refractivity contribution is 0.625. The SMILES string of the molecule is Cc1ccc(CN=C(N)NC2CCCC2)c(-n2cc(Cl)cn2)n1.I. The number of nitrogens with one attached hydrogen (secondary N) is 1. The van der Waals surface area contributed by atoms with Crippen molar-refractivity contribution in [2.24, 2.45) is 10.7 Å². The third-order valence-electron chi connectivity index (χ3n) is 3.99. The fourth-order valence-corrected chi connectivity index (χ4v) is 2.94. The molecule has 0 bridgehead atoms. The third-order valence-corrected chi connectivity index (χ3v) is 4.19. The number of rotatable bonds is 4. The smallest absolute Gasteiger partial charge is 0.189 e. The summed E-state index contributed by atoms with van der Waals surface area (Å²) in [4.78, 5) is 9.00. The van der Waals surface area contributed by atoms with Gasteiger partial charge in [0.05, 0.1) is 24.0 Å². The fraction of sp³-hybridized carbons (Fsp3) is 0.438. The fourth-order valence-electron chi connectivity index (χ4n) is 2.81. The van der Waals surface area contributed by atoms with Crippen LogP contribution in [0.1, 0.15) is 36.9 Å². The lowest BCUT2D eigenvalue weighted by Gasteiger charge is -2.13. The highest BCUT2D eigenvalue weighted by Crippen LogP contribution is 2.18. The Kier molecular flexibility index (Phi) is 6.85. The summed E-state index contributed by atoms with van der Waals surface area (Å²) in [6.45, 7) is 2.39. The van der Waals surface area contributed by atoms with E-state index in [0.29, 0.717) is 23.6 Å². The molecular weight excluding hydrogens is 439 g/mol. The van der Waals surface area contributed by atoms with Crippen LogP contribution in [0.4, 0.5) is 0 Å². The van der Waals surface area contributed by atoms with Crippen molar-refractivity contribution in [3.05, 3.63) is 40.8 Å². The van der Waals surface area contributed by atoms with Crippen molar-refractivity contribution in [2.45, 2.75) is 45.2 Å². The molecule has 1 aliphatic rings. The van der Waals surface area contributed by atoms with Gasteiger partial charge in [-0.3, -0.25) is 0 Å². The van der Waals surface area contributed by atoms with Crippen LogP contribution >= 0.6 is 35.6 Å². The molecule has 2 aromatic rings. The standard InChI is InChI=1S/C16H21ClN6.HI/c1-11-6-7-12(15(21-11)23-10-13(17)9-20-23)8-19-16(18)22-14-4-2-3-5-14;/h6-7,9-10,14H,2-5,8H2,1H3,(H3,18,19,22);1H. The number of hydrogen-bond donors (Lipinski definition) is 2. The van der Waals surface area contributed by atoms with E-state index in [1.165, 1.54) is 25.7 Å². The van der Waals surface area contributed by atoms with Crippen LogP contribution in [0.2, 0.25) is 5.02 Å². The topological polar surface area (TPSA) is 81.1 Å². The monoisotopic (exact) mass is 460 g/mol. The minimum Gasteiger partial charge on any atom is -0.370 e. The minimum atomic E-state index is 0. The Morgan fingerprint density at radius 3 is 2.83 bits per heavy atom. The molecule has 0 saturated heterocycles. The molecular formula is C16H22ClIN6. The molecule has 0 unspecified atom stereocenters. The Morgan fingerprint density at radius 2 is 2.17 bits per heavy atom. The number of halogens is 2. The molecule has 2 aromatic heterocycles. The van der Waals surface area contributed by atoms with E-state index in [1.807, 2.05) is 19.1 Å². The van der Waals surface area contributed by atoms with Crippen molar-refractivity contribution in [1.82, 2.24) is 20.1 Å². The van der Waals surface area contributed by atoms with E-state index in [-0.39, 0.29) is 24.0 Å². The number of pyridine rings is 1. The predicted molar refractivity (Wildman–Crippen MR) is 107 cm³/mol. The molecule has 1 fully saturated rings. The molecule has 130 valence electrons. The lowest BCUT2D eigenvalue weighted by atomic mass is 10.2. The molecule has 0 amide bonds. The lowest BCUT2D eigenvalue weighted by Crippen LogP contribution is -2.38. The van der Waals surface area contributed by atoms with E-state index >= 15 is 0 Å². The third kappa shape index (κ3) is 4.83. The quantitative estimate of drug-likeness (QED) is 0.417. The predicted octanol–water partition coefficient (Wildman–Crippen LogP) is 3.19. The Labute approximate surface area is 163 Å². The summed E-state index contributed by atoms with van der Waals surface area (Å²) in [5.74, 6) is 1.22. The minimum absolute atomic E-state index is 0. The molecule has 8 heteroatoms. The van der Waals surface area contributed by atoms with Gasteiger partial charge in [0.1, 0.15) is 0 Å². The van der Waals surface area contributed by atoms with Gasteiger partial charge in [-0.2, -0.15) is 5.10 Å². The van der Waals surface area contributed by atoms with Crippen LogP contribution in [0, 0.1) is 6.92 Å². The van der Waals surface area contributed by atoms with Gasteiger partial charge in [0.15, 0.2) is 11.8 Å². The summed E-state index contributed by atoms with van der Waals surface area (Å²) in [5.41, 5.74) is 7.86. The summed E-state index contributed by atoms with van der Waals surface area (Å²) < 4.78 is 1.67. The van der Waals surface area contributed by atoms with Gasteiger partial charge in [-0.25, -0.2) is 14.7 Å². The van der Waals surface area contributed by atoms with E-state index in [4.69, 9.17) is 17.3 Å². The van der Waals surface area contributed by atoms with E-state index < -0.39 is 0 Å². The average molecular weight is 461 g/mol. The van der Waals surface area contributed by atoms with Gasteiger partial charge in [-0.05, 0) is 25.8 Å². The number of hydrogen-bond acceptors (Lipinski definition) is 3. The van der Waals surface area contributed by atoms with E-state index in [9.17, 15) is 0 Å². The van der Waals surface area contributed by atoms with Gasteiger partial charge < -0.3 is 11.1 Å².